The SMILES string of the molecule is CCN(CC1CCCC1)c1ccc(OC)nc1CN(C(=O)c1cc(C(F)(F)F)cc(C(F)(F)F)c1)c1ncc(OCCSC)cn1. The molecule has 1 aromatic carbocycles. The van der Waals surface area contributed by atoms with Crippen LogP contribution in [0.2, 0.25) is 0 Å². The van der Waals surface area contributed by atoms with Crippen molar-refractivity contribution in [1.82, 2.24) is 15.0 Å². The van der Waals surface area contributed by atoms with E-state index in [-0.39, 0.29) is 30.2 Å². The summed E-state index contributed by atoms with van der Waals surface area (Å²) in [5, 5.41) is 0. The quantitative estimate of drug-likeness (QED) is 0.136. The lowest BCUT2D eigenvalue weighted by Crippen LogP contribution is -2.35. The Kier molecular flexibility index (Phi) is 11.6. The molecule has 46 heavy (non-hydrogen) atoms. The van der Waals surface area contributed by atoms with Gasteiger partial charge in [-0.3, -0.25) is 9.69 Å². The summed E-state index contributed by atoms with van der Waals surface area (Å²) in [5.74, 6) is 0.172. The van der Waals surface area contributed by atoms with Gasteiger partial charge in [0.1, 0.15) is 0 Å². The molecule has 1 amide bonds. The summed E-state index contributed by atoms with van der Waals surface area (Å²) >= 11 is 1.56. The van der Waals surface area contributed by atoms with Gasteiger partial charge in [0.2, 0.25) is 11.8 Å². The fraction of sp³-hybridized carbons (Fsp3) is 0.484. The molecule has 1 aliphatic rings. The monoisotopic (exact) mass is 671 g/mol. The van der Waals surface area contributed by atoms with E-state index in [1.807, 2.05) is 13.2 Å². The zero-order chi connectivity index (χ0) is 33.5. The van der Waals surface area contributed by atoms with Gasteiger partial charge in [0, 0.05) is 30.5 Å². The number of halogens is 6. The number of rotatable bonds is 13. The number of pyridine rings is 1. The molecule has 4 rings (SSSR count). The largest absolute Gasteiger partial charge is 0.489 e. The number of thioether (sulfide) groups is 1. The third-order valence-corrected chi connectivity index (χ3v) is 8.18. The van der Waals surface area contributed by atoms with E-state index in [0.717, 1.165) is 30.6 Å². The summed E-state index contributed by atoms with van der Waals surface area (Å²) in [6.07, 6.45) is -1.42. The summed E-state index contributed by atoms with van der Waals surface area (Å²) < 4.78 is 93.2. The zero-order valence-electron chi connectivity index (χ0n) is 25.6. The predicted molar refractivity (Wildman–Crippen MR) is 164 cm³/mol. The Balaban J connectivity index is 1.81. The molecule has 15 heteroatoms. The van der Waals surface area contributed by atoms with Gasteiger partial charge in [0.05, 0.1) is 55.2 Å². The van der Waals surface area contributed by atoms with Crippen LogP contribution in [0.5, 0.6) is 11.6 Å². The number of benzene rings is 1. The normalized spacial score (nSPS) is 13.9. The number of carbonyl (C=O) groups excluding carboxylic acids is 1. The van der Waals surface area contributed by atoms with E-state index in [1.165, 1.54) is 19.5 Å². The van der Waals surface area contributed by atoms with Crippen LogP contribution in [0.1, 0.15) is 59.8 Å². The number of amides is 1. The highest BCUT2D eigenvalue weighted by Crippen LogP contribution is 2.37. The van der Waals surface area contributed by atoms with E-state index in [2.05, 4.69) is 19.9 Å². The van der Waals surface area contributed by atoms with Crippen molar-refractivity contribution in [3.8, 4) is 11.6 Å². The summed E-state index contributed by atoms with van der Waals surface area (Å²) in [4.78, 5) is 30.0. The molecule has 250 valence electrons. The Morgan fingerprint density at radius 2 is 1.63 bits per heavy atom. The van der Waals surface area contributed by atoms with Crippen LogP contribution >= 0.6 is 11.8 Å². The van der Waals surface area contributed by atoms with E-state index >= 15 is 0 Å². The van der Waals surface area contributed by atoms with E-state index in [9.17, 15) is 31.1 Å². The Morgan fingerprint density at radius 3 is 2.17 bits per heavy atom. The lowest BCUT2D eigenvalue weighted by molar-refractivity contribution is -0.143. The molecule has 0 atom stereocenters. The molecule has 0 saturated heterocycles. The van der Waals surface area contributed by atoms with Crippen molar-refractivity contribution in [3.63, 3.8) is 0 Å². The molecule has 1 aliphatic carbocycles. The first-order valence-electron chi connectivity index (χ1n) is 14.7. The highest BCUT2D eigenvalue weighted by molar-refractivity contribution is 7.98. The molecule has 8 nitrogen and oxygen atoms in total. The van der Waals surface area contributed by atoms with Crippen LogP contribution in [-0.2, 0) is 18.9 Å². The number of methoxy groups -OCH3 is 1. The minimum absolute atomic E-state index is 0.0256. The van der Waals surface area contributed by atoms with Gasteiger partial charge in [-0.2, -0.15) is 38.1 Å². The van der Waals surface area contributed by atoms with Gasteiger partial charge in [-0.15, -0.1) is 0 Å². The fourth-order valence-electron chi connectivity index (χ4n) is 5.28. The third-order valence-electron chi connectivity index (χ3n) is 7.61. The van der Waals surface area contributed by atoms with Crippen molar-refractivity contribution >= 4 is 29.3 Å². The summed E-state index contributed by atoms with van der Waals surface area (Å²) in [5.41, 5.74) is -3.12. The van der Waals surface area contributed by atoms with Crippen LogP contribution in [0.3, 0.4) is 0 Å². The number of nitrogens with zero attached hydrogens (tertiary/aromatic N) is 5. The van der Waals surface area contributed by atoms with Gasteiger partial charge in [-0.1, -0.05) is 12.8 Å². The van der Waals surface area contributed by atoms with Crippen LogP contribution in [-0.4, -0.2) is 59.7 Å². The second-order valence-corrected chi connectivity index (χ2v) is 11.7. The lowest BCUT2D eigenvalue weighted by atomic mass is 10.0. The van der Waals surface area contributed by atoms with Gasteiger partial charge in [-0.25, -0.2) is 15.0 Å². The third kappa shape index (κ3) is 8.95. The number of hydrogen-bond acceptors (Lipinski definition) is 8. The molecular weight excluding hydrogens is 636 g/mol. The molecule has 0 aliphatic heterocycles. The maximum atomic E-state index is 14.0. The number of carbonyl (C=O) groups is 1. The maximum absolute atomic E-state index is 14.0. The first-order valence-corrected chi connectivity index (χ1v) is 16.1. The highest BCUT2D eigenvalue weighted by atomic mass is 32.2. The number of aromatic nitrogens is 3. The predicted octanol–water partition coefficient (Wildman–Crippen LogP) is 7.52. The number of alkyl halides is 6. The Labute approximate surface area is 267 Å². The van der Waals surface area contributed by atoms with Gasteiger partial charge < -0.3 is 14.4 Å². The molecule has 1 fully saturated rings. The molecule has 0 spiro atoms. The Bertz CT molecular complexity index is 1430. The fourth-order valence-corrected chi connectivity index (χ4v) is 5.53. The minimum atomic E-state index is -5.14. The number of anilines is 2. The zero-order valence-corrected chi connectivity index (χ0v) is 26.4. The molecule has 1 saturated carbocycles. The average molecular weight is 672 g/mol. The van der Waals surface area contributed by atoms with Crippen LogP contribution in [0.15, 0.2) is 42.7 Å². The molecule has 0 bridgehead atoms. The van der Waals surface area contributed by atoms with Crippen LogP contribution in [0.4, 0.5) is 38.0 Å². The first-order chi connectivity index (χ1) is 21.8. The average Bonchev–Trinajstić information content (AvgIpc) is 3.55. The molecular formula is C31H35F6N5O3S. The number of ether oxygens (including phenoxy) is 2. The van der Waals surface area contributed by atoms with E-state index in [0.29, 0.717) is 54.9 Å². The molecule has 2 aromatic heterocycles. The van der Waals surface area contributed by atoms with Crippen LogP contribution in [0, 0.1) is 5.92 Å². The highest BCUT2D eigenvalue weighted by Gasteiger charge is 2.38. The van der Waals surface area contributed by atoms with E-state index in [4.69, 9.17) is 9.47 Å². The van der Waals surface area contributed by atoms with Crippen LogP contribution in [0.25, 0.3) is 0 Å². The van der Waals surface area contributed by atoms with Crippen LogP contribution < -0.4 is 19.3 Å². The molecule has 2 heterocycles. The van der Waals surface area contributed by atoms with Crippen molar-refractivity contribution < 1.29 is 40.6 Å². The van der Waals surface area contributed by atoms with Gasteiger partial charge in [-0.05, 0) is 56.2 Å². The Morgan fingerprint density at radius 1 is 1.00 bits per heavy atom. The number of hydrogen-bond donors (Lipinski definition) is 0. The second-order valence-electron chi connectivity index (χ2n) is 10.8. The van der Waals surface area contributed by atoms with Crippen molar-refractivity contribution in [1.29, 1.82) is 0 Å². The maximum Gasteiger partial charge on any atom is 0.416 e. The van der Waals surface area contributed by atoms with Gasteiger partial charge >= 0.3 is 12.4 Å². The van der Waals surface area contributed by atoms with Crippen molar-refractivity contribution in [2.45, 2.75) is 51.5 Å². The summed E-state index contributed by atoms with van der Waals surface area (Å²) in [6, 6.07) is 4.19. The standard InChI is InChI=1S/C31H35F6N5O3S/c1-4-41(18-20-7-5-6-8-20)26-9-10-27(44-2)40-25(26)19-42(29-38-16-24(17-39-29)45-11-12-46-3)28(43)21-13-22(30(32,33)34)15-23(14-21)31(35,36)37/h9-10,13-17,20H,4-8,11-12,18-19H2,1-3H3. The van der Waals surface area contributed by atoms with Gasteiger partial charge in [0.15, 0.2) is 5.75 Å². The van der Waals surface area contributed by atoms with Gasteiger partial charge in [0.25, 0.3) is 5.91 Å². The van der Waals surface area contributed by atoms with Crippen molar-refractivity contribution in [3.05, 3.63) is 65.1 Å². The Hall–Kier alpha value is -3.75. The molecule has 3 aromatic rings. The lowest BCUT2D eigenvalue weighted by Gasteiger charge is -2.30. The van der Waals surface area contributed by atoms with E-state index < -0.39 is 35.0 Å². The molecule has 0 unspecified atom stereocenters. The van der Waals surface area contributed by atoms with Crippen molar-refractivity contribution in [2.75, 3.05) is 48.6 Å². The molecule has 0 radical (unpaired) electrons. The topological polar surface area (TPSA) is 80.7 Å². The van der Waals surface area contributed by atoms with Crippen molar-refractivity contribution in [2.24, 2.45) is 5.92 Å². The summed E-state index contributed by atoms with van der Waals surface area (Å²) in [6.45, 7) is 3.24. The van der Waals surface area contributed by atoms with E-state index in [1.54, 1.807) is 23.9 Å². The smallest absolute Gasteiger partial charge is 0.416 e. The minimum Gasteiger partial charge on any atom is -0.489 e. The second kappa shape index (κ2) is 15.2. The molecule has 0 N–H and O–H groups in total. The summed E-state index contributed by atoms with van der Waals surface area (Å²) in [7, 11) is 1.41. The first kappa shape index (κ1) is 35.1.